The average molecular weight is 1000 g/mol. The quantitative estimate of drug-likeness (QED) is 0.183. The van der Waals surface area contributed by atoms with E-state index in [4.69, 9.17) is 11.1 Å². The molecular formula is C48H90Si12. The maximum absolute atomic E-state index is 5.21. The van der Waals surface area contributed by atoms with Gasteiger partial charge in [0, 0.05) is 75.7 Å². The minimum Gasteiger partial charge on any atom is -0.135 e. The zero-order valence-electron chi connectivity index (χ0n) is 43.6. The Bertz CT molecular complexity index is 1830. The van der Waals surface area contributed by atoms with E-state index in [0.717, 1.165) is 0 Å². The molecule has 2 spiro atoms. The molecule has 0 saturated carbocycles. The van der Waals surface area contributed by atoms with Crippen molar-refractivity contribution in [3.8, 4) is 22.9 Å². The molecule has 4 aliphatic heterocycles. The molecule has 4 aliphatic rings. The normalized spacial score (nSPS) is 27.4. The second kappa shape index (κ2) is 13.9. The van der Waals surface area contributed by atoms with Gasteiger partial charge in [0.1, 0.15) is 13.3 Å². The largest absolute Gasteiger partial charge is 0.135 e. The van der Waals surface area contributed by atoms with E-state index in [1.165, 1.54) is 11.1 Å². The summed E-state index contributed by atoms with van der Waals surface area (Å²) in [6.07, 6.45) is 6.25. The molecule has 6 rings (SSSR count). The molecule has 0 N–H and O–H groups in total. The molecule has 0 amide bonds. The Balaban J connectivity index is 2.11. The van der Waals surface area contributed by atoms with Crippen molar-refractivity contribution in [2.24, 2.45) is 0 Å². The summed E-state index contributed by atoms with van der Waals surface area (Å²) in [6.45, 7) is 66.1. The second-order valence-corrected chi connectivity index (χ2v) is 122. The summed E-state index contributed by atoms with van der Waals surface area (Å²) in [5, 5.41) is 0. The van der Waals surface area contributed by atoms with Crippen LogP contribution in [0.25, 0.3) is 0 Å². The van der Waals surface area contributed by atoms with Crippen molar-refractivity contribution >= 4 is 92.1 Å². The highest BCUT2D eigenvalue weighted by Crippen LogP contribution is 3.03. The third-order valence-electron chi connectivity index (χ3n) is 19.6. The van der Waals surface area contributed by atoms with Crippen LogP contribution in [0.1, 0.15) is 36.8 Å². The standard InChI is InChI=1S/C48H90Si12/c1-49(2,3)45(50(4,5)6)37-38-46(51(7,8)9,52(10,11)12)59(45)57(41-35-43-31-27-25-28-32-43)58(59,42-36-44-33-29-26-30-34-44)60(57)47(53(13,14)15,54(16,17)18)39-40-48(60,55(19,20)21)56(22,23)24/h25-34H,37-40H2,1-24H3. The van der Waals surface area contributed by atoms with Crippen molar-refractivity contribution in [2.45, 2.75) is 200 Å². The van der Waals surface area contributed by atoms with Crippen molar-refractivity contribution < 1.29 is 0 Å². The highest BCUT2D eigenvalue weighted by atomic mass is 30.7. The molecule has 0 aliphatic carbocycles. The Morgan fingerprint density at radius 2 is 0.500 bits per heavy atom. The van der Waals surface area contributed by atoms with Gasteiger partial charge in [0.15, 0.2) is 0 Å². The molecule has 0 unspecified atom stereocenters. The summed E-state index contributed by atoms with van der Waals surface area (Å²) in [5.41, 5.74) is 13.1. The number of hydrogen-bond donors (Lipinski definition) is 0. The number of benzene rings is 2. The van der Waals surface area contributed by atoms with Gasteiger partial charge in [0.2, 0.25) is 0 Å². The van der Waals surface area contributed by atoms with Gasteiger partial charge in [0.25, 0.3) is 0 Å². The maximum Gasteiger partial charge on any atom is 0.122 e. The van der Waals surface area contributed by atoms with Gasteiger partial charge in [-0.25, -0.2) is 0 Å². The van der Waals surface area contributed by atoms with Gasteiger partial charge in [-0.05, 0) is 41.4 Å². The summed E-state index contributed by atoms with van der Waals surface area (Å²) in [6, 6.07) is 23.2. The third-order valence-corrected chi connectivity index (χ3v) is 199. The Morgan fingerprint density at radius 1 is 0.317 bits per heavy atom. The first kappa shape index (κ1) is 49.6. The molecule has 0 nitrogen and oxygen atoms in total. The van der Waals surface area contributed by atoms with Gasteiger partial charge in [-0.15, -0.1) is 11.1 Å². The lowest BCUT2D eigenvalue weighted by molar-refractivity contribution is 0.763. The van der Waals surface area contributed by atoms with Crippen LogP contribution in [0.4, 0.5) is 0 Å². The van der Waals surface area contributed by atoms with Crippen LogP contribution in [-0.4, -0.2) is 92.1 Å². The Kier molecular flexibility index (Phi) is 11.5. The molecule has 4 saturated heterocycles. The Hall–Kier alpha value is 0.163. The van der Waals surface area contributed by atoms with Crippen LogP contribution < -0.4 is 0 Å². The molecule has 0 radical (unpaired) electrons. The Morgan fingerprint density at radius 3 is 0.667 bits per heavy atom. The van der Waals surface area contributed by atoms with Crippen molar-refractivity contribution in [3.63, 3.8) is 0 Å². The predicted octanol–water partition coefficient (Wildman–Crippen LogP) is 15.0. The molecule has 4 heterocycles. The van der Waals surface area contributed by atoms with Crippen LogP contribution in [0.5, 0.6) is 0 Å². The van der Waals surface area contributed by atoms with Crippen LogP contribution in [0, 0.1) is 22.9 Å². The molecular weight excluding hydrogens is 914 g/mol. The SMILES string of the molecule is C[Si](C)(C)C1([Si](C)(C)C)CCC([Si](C)(C)C)([Si](C)(C)C)[Si]12[Si]1(C#Cc3ccccc3)[Si]3(C([Si](C)(C)C)([Si](C)(C)C)CCC3([Si](C)(C)C)[Si](C)(C)C)[Si]21C#Cc1ccccc1. The van der Waals surface area contributed by atoms with Crippen LogP contribution in [-0.2, 0) is 0 Å². The minimum absolute atomic E-state index is 0.582. The van der Waals surface area contributed by atoms with E-state index in [-0.39, 0.29) is 0 Å². The van der Waals surface area contributed by atoms with Gasteiger partial charge in [-0.1, -0.05) is 231 Å². The topological polar surface area (TPSA) is 0 Å². The summed E-state index contributed by atoms with van der Waals surface area (Å²) < 4.78 is 2.33. The minimum atomic E-state index is -2.42. The third kappa shape index (κ3) is 5.20. The van der Waals surface area contributed by atoms with Crippen LogP contribution in [0.3, 0.4) is 0 Å². The second-order valence-electron chi connectivity index (χ2n) is 28.9. The lowest BCUT2D eigenvalue weighted by Crippen LogP contribution is -2.90. The summed E-state index contributed by atoms with van der Waals surface area (Å²) in [4.78, 5) is 0. The lowest BCUT2D eigenvalue weighted by atomic mass is 10.2. The molecule has 0 bridgehead atoms. The zero-order chi connectivity index (χ0) is 45.9. The maximum atomic E-state index is 5.21. The van der Waals surface area contributed by atoms with E-state index >= 15 is 0 Å². The fourth-order valence-corrected chi connectivity index (χ4v) is 413. The summed E-state index contributed by atoms with van der Waals surface area (Å²) >= 11 is 0. The first-order chi connectivity index (χ1) is 26.8. The van der Waals surface area contributed by atoms with Crippen molar-refractivity contribution in [2.75, 3.05) is 0 Å². The summed E-state index contributed by atoms with van der Waals surface area (Å²) in [5.74, 6) is 8.90. The monoisotopic (exact) mass is 1000 g/mol. The van der Waals surface area contributed by atoms with E-state index in [9.17, 15) is 0 Å². The molecule has 2 aromatic carbocycles. The van der Waals surface area contributed by atoms with E-state index in [1.54, 1.807) is 25.7 Å². The van der Waals surface area contributed by atoms with Crippen LogP contribution in [0.2, 0.25) is 174 Å². The molecule has 0 aromatic heterocycles. The van der Waals surface area contributed by atoms with E-state index < -0.39 is 92.1 Å². The molecule has 60 heavy (non-hydrogen) atoms. The van der Waals surface area contributed by atoms with Gasteiger partial charge in [-0.3, -0.25) is 0 Å². The number of hydrogen-bond acceptors (Lipinski definition) is 0. The van der Waals surface area contributed by atoms with Gasteiger partial charge < -0.3 is 0 Å². The smallest absolute Gasteiger partial charge is 0.122 e. The zero-order valence-corrected chi connectivity index (χ0v) is 55.6. The average Bonchev–Trinajstić information content (AvgIpc) is 3.52. The number of fused-ring (bicyclic) bond motifs is 5. The number of rotatable bonds is 8. The van der Waals surface area contributed by atoms with E-state index in [2.05, 4.69) is 230 Å². The van der Waals surface area contributed by atoms with E-state index in [0.29, 0.717) is 17.1 Å². The van der Waals surface area contributed by atoms with E-state index in [1.807, 2.05) is 0 Å². The van der Waals surface area contributed by atoms with Crippen molar-refractivity contribution in [3.05, 3.63) is 71.8 Å². The first-order valence-corrected chi connectivity index (χ1v) is 65.0. The van der Waals surface area contributed by atoms with Crippen LogP contribution >= 0.6 is 0 Å². The van der Waals surface area contributed by atoms with Gasteiger partial charge in [-0.2, -0.15) is 0 Å². The summed E-state index contributed by atoms with van der Waals surface area (Å²) in [7, 11) is -19.2. The first-order valence-electron chi connectivity index (χ1n) is 24.0. The predicted molar refractivity (Wildman–Crippen MR) is 306 cm³/mol. The fourth-order valence-electron chi connectivity index (χ4n) is 20.4. The molecule has 0 atom stereocenters. The van der Waals surface area contributed by atoms with Crippen molar-refractivity contribution in [1.29, 1.82) is 0 Å². The molecule has 2 aromatic rings. The Labute approximate surface area is 383 Å². The van der Waals surface area contributed by atoms with Crippen LogP contribution in [0.15, 0.2) is 60.7 Å². The molecule has 330 valence electrons. The highest BCUT2D eigenvalue weighted by molar-refractivity contribution is 8.61. The van der Waals surface area contributed by atoms with Gasteiger partial charge >= 0.3 is 0 Å². The fraction of sp³-hybridized carbons (Fsp3) is 0.667. The molecule has 4 fully saturated rings. The highest BCUT2D eigenvalue weighted by Gasteiger charge is 3.27. The molecule has 12 heteroatoms. The lowest BCUT2D eigenvalue weighted by Gasteiger charge is -2.74. The van der Waals surface area contributed by atoms with Gasteiger partial charge in [0.05, 0.1) is 14.2 Å². The van der Waals surface area contributed by atoms with Crippen molar-refractivity contribution in [1.82, 2.24) is 0 Å².